The van der Waals surface area contributed by atoms with Crippen molar-refractivity contribution in [1.82, 2.24) is 9.88 Å². The van der Waals surface area contributed by atoms with Crippen LogP contribution in [-0.2, 0) is 17.8 Å². The summed E-state index contributed by atoms with van der Waals surface area (Å²) in [5.41, 5.74) is 2.71. The van der Waals surface area contributed by atoms with Gasteiger partial charge < -0.3 is 14.6 Å². The van der Waals surface area contributed by atoms with E-state index in [1.165, 1.54) is 29.3 Å². The predicted octanol–water partition coefficient (Wildman–Crippen LogP) is 3.32. The molecule has 108 valence electrons. The zero-order valence-electron chi connectivity index (χ0n) is 12.4. The Bertz CT molecular complexity index is 575. The number of fused-ring (bicyclic) bond motifs is 1. The lowest BCUT2D eigenvalue weighted by Gasteiger charge is -2.13. The first kappa shape index (κ1) is 13.7. The summed E-state index contributed by atoms with van der Waals surface area (Å²) in [5.74, 6) is 0. The Kier molecular flexibility index (Phi) is 4.08. The molecule has 0 bridgehead atoms. The largest absolute Gasteiger partial charge is 0.373 e. The fourth-order valence-electron chi connectivity index (χ4n) is 3.11. The van der Waals surface area contributed by atoms with Gasteiger partial charge in [0.1, 0.15) is 0 Å². The highest BCUT2D eigenvalue weighted by Gasteiger charge is 2.22. The molecule has 1 aromatic heterocycles. The van der Waals surface area contributed by atoms with Gasteiger partial charge in [0.2, 0.25) is 0 Å². The highest BCUT2D eigenvalue weighted by molar-refractivity contribution is 5.83. The highest BCUT2D eigenvalue weighted by atomic mass is 16.5. The van der Waals surface area contributed by atoms with E-state index in [1.807, 2.05) is 0 Å². The van der Waals surface area contributed by atoms with Crippen LogP contribution in [-0.4, -0.2) is 23.3 Å². The van der Waals surface area contributed by atoms with E-state index in [0.717, 1.165) is 19.6 Å². The van der Waals surface area contributed by atoms with Gasteiger partial charge in [-0.15, -0.1) is 0 Å². The lowest BCUT2D eigenvalue weighted by Crippen LogP contribution is -2.16. The molecule has 0 radical (unpaired) electrons. The summed E-state index contributed by atoms with van der Waals surface area (Å²) >= 11 is 0. The number of rotatable bonds is 5. The van der Waals surface area contributed by atoms with Crippen LogP contribution in [0.5, 0.6) is 0 Å². The Morgan fingerprint density at radius 1 is 1.30 bits per heavy atom. The Balaban J connectivity index is 1.86. The molecule has 0 aliphatic carbocycles. The number of benzene rings is 1. The SMILES string of the molecule is CCNCc1cn(CC2CCC(C)O2)c2ccccc12. The van der Waals surface area contributed by atoms with Crippen molar-refractivity contribution >= 4 is 10.9 Å². The Hall–Kier alpha value is -1.32. The van der Waals surface area contributed by atoms with Crippen molar-refractivity contribution in [2.24, 2.45) is 0 Å². The van der Waals surface area contributed by atoms with Crippen LogP contribution < -0.4 is 5.32 Å². The smallest absolute Gasteiger partial charge is 0.0758 e. The number of ether oxygens (including phenoxy) is 1. The minimum Gasteiger partial charge on any atom is -0.373 e. The first-order valence-corrected chi connectivity index (χ1v) is 7.71. The number of nitrogens with zero attached hydrogens (tertiary/aromatic N) is 1. The quantitative estimate of drug-likeness (QED) is 0.903. The molecule has 3 heteroatoms. The molecular formula is C17H24N2O. The maximum absolute atomic E-state index is 5.97. The van der Waals surface area contributed by atoms with Gasteiger partial charge in [0.25, 0.3) is 0 Å². The molecule has 2 unspecified atom stereocenters. The lowest BCUT2D eigenvalue weighted by atomic mass is 10.2. The summed E-state index contributed by atoms with van der Waals surface area (Å²) in [7, 11) is 0. The van der Waals surface area contributed by atoms with Crippen LogP contribution >= 0.6 is 0 Å². The maximum Gasteiger partial charge on any atom is 0.0758 e. The van der Waals surface area contributed by atoms with Crippen molar-refractivity contribution in [2.75, 3.05) is 6.54 Å². The fourth-order valence-corrected chi connectivity index (χ4v) is 3.11. The Morgan fingerprint density at radius 3 is 2.90 bits per heavy atom. The molecule has 1 N–H and O–H groups in total. The molecular weight excluding hydrogens is 248 g/mol. The minimum absolute atomic E-state index is 0.368. The van der Waals surface area contributed by atoms with E-state index in [2.05, 4.69) is 54.2 Å². The van der Waals surface area contributed by atoms with Crippen LogP contribution in [0.25, 0.3) is 10.9 Å². The van der Waals surface area contributed by atoms with Gasteiger partial charge >= 0.3 is 0 Å². The monoisotopic (exact) mass is 272 g/mol. The fraction of sp³-hybridized carbons (Fsp3) is 0.529. The number of para-hydroxylation sites is 1. The van der Waals surface area contributed by atoms with Crippen molar-refractivity contribution in [3.05, 3.63) is 36.0 Å². The third kappa shape index (κ3) is 2.74. The molecule has 2 heterocycles. The number of aromatic nitrogens is 1. The molecule has 20 heavy (non-hydrogen) atoms. The van der Waals surface area contributed by atoms with Crippen molar-refractivity contribution in [3.8, 4) is 0 Å². The molecule has 0 saturated carbocycles. The summed E-state index contributed by atoms with van der Waals surface area (Å²) in [5, 5.41) is 4.79. The minimum atomic E-state index is 0.368. The summed E-state index contributed by atoms with van der Waals surface area (Å²) in [6.45, 7) is 7.23. The number of hydrogen-bond acceptors (Lipinski definition) is 2. The maximum atomic E-state index is 5.97. The molecule has 1 aliphatic rings. The zero-order valence-corrected chi connectivity index (χ0v) is 12.4. The van der Waals surface area contributed by atoms with Gasteiger partial charge in [0, 0.05) is 30.2 Å². The second-order valence-corrected chi connectivity index (χ2v) is 5.75. The van der Waals surface area contributed by atoms with Gasteiger partial charge in [0.05, 0.1) is 12.2 Å². The van der Waals surface area contributed by atoms with Gasteiger partial charge in [-0.3, -0.25) is 0 Å². The zero-order chi connectivity index (χ0) is 13.9. The molecule has 2 atom stereocenters. The molecule has 1 aliphatic heterocycles. The third-order valence-corrected chi connectivity index (χ3v) is 4.16. The van der Waals surface area contributed by atoms with Crippen molar-refractivity contribution in [3.63, 3.8) is 0 Å². The normalized spacial score (nSPS) is 22.7. The predicted molar refractivity (Wildman–Crippen MR) is 82.9 cm³/mol. The standard InChI is InChI=1S/C17H24N2O/c1-3-18-10-14-11-19(12-15-9-8-13(2)20-15)17-7-5-4-6-16(14)17/h4-7,11,13,15,18H,3,8-10,12H2,1-2H3. The van der Waals surface area contributed by atoms with Crippen LogP contribution in [0.3, 0.4) is 0 Å². The highest BCUT2D eigenvalue weighted by Crippen LogP contribution is 2.25. The second kappa shape index (κ2) is 5.98. The average Bonchev–Trinajstić information content (AvgIpc) is 3.02. The van der Waals surface area contributed by atoms with E-state index in [0.29, 0.717) is 12.2 Å². The molecule has 1 fully saturated rings. The molecule has 0 amide bonds. The third-order valence-electron chi connectivity index (χ3n) is 4.16. The topological polar surface area (TPSA) is 26.2 Å². The molecule has 1 saturated heterocycles. The van der Waals surface area contributed by atoms with Crippen LogP contribution in [0.15, 0.2) is 30.5 Å². The first-order chi connectivity index (χ1) is 9.78. The molecule has 3 rings (SSSR count). The molecule has 1 aromatic carbocycles. The number of hydrogen-bond donors (Lipinski definition) is 1. The van der Waals surface area contributed by atoms with E-state index in [4.69, 9.17) is 4.74 Å². The average molecular weight is 272 g/mol. The summed E-state index contributed by atoms with van der Waals surface area (Å²) in [6, 6.07) is 8.67. The van der Waals surface area contributed by atoms with E-state index < -0.39 is 0 Å². The summed E-state index contributed by atoms with van der Waals surface area (Å²) in [6.07, 6.45) is 5.44. The van der Waals surface area contributed by atoms with Crippen molar-refractivity contribution < 1.29 is 4.74 Å². The molecule has 3 nitrogen and oxygen atoms in total. The van der Waals surface area contributed by atoms with Gasteiger partial charge in [0.15, 0.2) is 0 Å². The van der Waals surface area contributed by atoms with E-state index in [-0.39, 0.29) is 0 Å². The van der Waals surface area contributed by atoms with Gasteiger partial charge in [-0.05, 0) is 37.9 Å². The van der Waals surface area contributed by atoms with Crippen molar-refractivity contribution in [1.29, 1.82) is 0 Å². The van der Waals surface area contributed by atoms with Crippen LogP contribution in [0.1, 0.15) is 32.3 Å². The van der Waals surface area contributed by atoms with E-state index >= 15 is 0 Å². The van der Waals surface area contributed by atoms with Gasteiger partial charge in [-0.1, -0.05) is 25.1 Å². The Morgan fingerprint density at radius 2 is 2.15 bits per heavy atom. The van der Waals surface area contributed by atoms with Crippen LogP contribution in [0.2, 0.25) is 0 Å². The van der Waals surface area contributed by atoms with Crippen LogP contribution in [0.4, 0.5) is 0 Å². The Labute approximate surface area is 120 Å². The van der Waals surface area contributed by atoms with E-state index in [9.17, 15) is 0 Å². The van der Waals surface area contributed by atoms with Gasteiger partial charge in [-0.25, -0.2) is 0 Å². The molecule has 2 aromatic rings. The van der Waals surface area contributed by atoms with Gasteiger partial charge in [-0.2, -0.15) is 0 Å². The van der Waals surface area contributed by atoms with Crippen molar-refractivity contribution in [2.45, 2.75) is 52.0 Å². The molecule has 0 spiro atoms. The number of nitrogens with one attached hydrogen (secondary N) is 1. The lowest BCUT2D eigenvalue weighted by molar-refractivity contribution is 0.0465. The summed E-state index contributed by atoms with van der Waals surface area (Å²) in [4.78, 5) is 0. The van der Waals surface area contributed by atoms with Crippen LogP contribution in [0, 0.1) is 0 Å². The summed E-state index contributed by atoms with van der Waals surface area (Å²) < 4.78 is 8.33. The first-order valence-electron chi connectivity index (χ1n) is 7.71. The second-order valence-electron chi connectivity index (χ2n) is 5.75. The van der Waals surface area contributed by atoms with E-state index in [1.54, 1.807) is 0 Å².